The van der Waals surface area contributed by atoms with E-state index in [4.69, 9.17) is 0 Å². The molecule has 19 heavy (non-hydrogen) atoms. The van der Waals surface area contributed by atoms with Crippen LogP contribution in [0.3, 0.4) is 0 Å². The van der Waals surface area contributed by atoms with E-state index in [1.54, 1.807) is 0 Å². The molecule has 0 aliphatic rings. The molecule has 1 rings (SSSR count). The average Bonchev–Trinajstić information content (AvgIpc) is 2.36. The van der Waals surface area contributed by atoms with Gasteiger partial charge in [0.2, 0.25) is 5.91 Å². The smallest absolute Gasteiger partial charge is 0.225 e. The third-order valence-electron chi connectivity index (χ3n) is 2.84. The van der Waals surface area contributed by atoms with Crippen LogP contribution in [-0.4, -0.2) is 30.4 Å². The number of halogens is 1. The second-order valence-corrected chi connectivity index (χ2v) is 5.57. The van der Waals surface area contributed by atoms with Crippen LogP contribution in [0.5, 0.6) is 0 Å². The van der Waals surface area contributed by atoms with Crippen molar-refractivity contribution >= 4 is 27.5 Å². The van der Waals surface area contributed by atoms with E-state index in [0.29, 0.717) is 6.42 Å². The van der Waals surface area contributed by atoms with Gasteiger partial charge in [-0.15, -0.1) is 0 Å². The van der Waals surface area contributed by atoms with Gasteiger partial charge in [0, 0.05) is 23.1 Å². The number of nitrogens with zero attached hydrogens (tertiary/aromatic N) is 1. The standard InChI is InChI=1S/C15H23BrN2O/c1-3-9-18(10-4-2)11-8-15(19)17-14-7-5-6-13(16)12-14/h5-7,12H,3-4,8-11H2,1-2H3,(H,17,19). The molecule has 0 saturated carbocycles. The van der Waals surface area contributed by atoms with Crippen LogP contribution in [0.25, 0.3) is 0 Å². The van der Waals surface area contributed by atoms with Crippen molar-refractivity contribution in [2.75, 3.05) is 25.0 Å². The zero-order chi connectivity index (χ0) is 14.1. The molecule has 0 spiro atoms. The number of hydrogen-bond donors (Lipinski definition) is 1. The number of hydrogen-bond acceptors (Lipinski definition) is 2. The maximum Gasteiger partial charge on any atom is 0.225 e. The van der Waals surface area contributed by atoms with E-state index >= 15 is 0 Å². The Kier molecular flexibility index (Phi) is 7.75. The third kappa shape index (κ3) is 6.73. The Labute approximate surface area is 124 Å². The molecule has 1 N–H and O–H groups in total. The van der Waals surface area contributed by atoms with Crippen LogP contribution < -0.4 is 5.32 Å². The van der Waals surface area contributed by atoms with Gasteiger partial charge in [0.05, 0.1) is 0 Å². The number of nitrogens with one attached hydrogen (secondary N) is 1. The van der Waals surface area contributed by atoms with Gasteiger partial charge in [0.1, 0.15) is 0 Å². The predicted molar refractivity (Wildman–Crippen MR) is 84.4 cm³/mol. The SMILES string of the molecule is CCCN(CCC)CCC(=O)Nc1cccc(Br)c1. The highest BCUT2D eigenvalue weighted by molar-refractivity contribution is 9.10. The van der Waals surface area contributed by atoms with Crippen LogP contribution >= 0.6 is 15.9 Å². The molecule has 0 fully saturated rings. The normalized spacial score (nSPS) is 10.7. The van der Waals surface area contributed by atoms with E-state index in [0.717, 1.165) is 42.6 Å². The summed E-state index contributed by atoms with van der Waals surface area (Å²) in [6.07, 6.45) is 2.81. The Morgan fingerprint density at radius 1 is 1.21 bits per heavy atom. The Balaban J connectivity index is 2.38. The van der Waals surface area contributed by atoms with E-state index in [2.05, 4.69) is 40.0 Å². The molecular formula is C15H23BrN2O. The lowest BCUT2D eigenvalue weighted by molar-refractivity contribution is -0.116. The maximum absolute atomic E-state index is 11.9. The van der Waals surface area contributed by atoms with Crippen molar-refractivity contribution in [2.24, 2.45) is 0 Å². The molecule has 0 unspecified atom stereocenters. The molecule has 1 aromatic carbocycles. The van der Waals surface area contributed by atoms with Crippen LogP contribution in [0.1, 0.15) is 33.1 Å². The van der Waals surface area contributed by atoms with E-state index in [1.807, 2.05) is 24.3 Å². The van der Waals surface area contributed by atoms with E-state index in [-0.39, 0.29) is 5.91 Å². The number of carbonyl (C=O) groups excluding carboxylic acids is 1. The Morgan fingerprint density at radius 2 is 1.89 bits per heavy atom. The fraction of sp³-hybridized carbons (Fsp3) is 0.533. The molecular weight excluding hydrogens is 304 g/mol. The van der Waals surface area contributed by atoms with Gasteiger partial charge in [-0.1, -0.05) is 35.8 Å². The van der Waals surface area contributed by atoms with Gasteiger partial charge >= 0.3 is 0 Å². The topological polar surface area (TPSA) is 32.3 Å². The number of amides is 1. The largest absolute Gasteiger partial charge is 0.326 e. The van der Waals surface area contributed by atoms with Gasteiger partial charge in [-0.2, -0.15) is 0 Å². The lowest BCUT2D eigenvalue weighted by Gasteiger charge is -2.20. The Bertz CT molecular complexity index is 389. The number of carbonyl (C=O) groups is 1. The van der Waals surface area contributed by atoms with Gasteiger partial charge in [0.25, 0.3) is 0 Å². The van der Waals surface area contributed by atoms with Crippen molar-refractivity contribution in [3.8, 4) is 0 Å². The highest BCUT2D eigenvalue weighted by Gasteiger charge is 2.07. The second kappa shape index (κ2) is 9.10. The lowest BCUT2D eigenvalue weighted by atomic mass is 10.3. The molecule has 0 aliphatic heterocycles. The van der Waals surface area contributed by atoms with E-state index in [9.17, 15) is 4.79 Å². The zero-order valence-electron chi connectivity index (χ0n) is 11.8. The van der Waals surface area contributed by atoms with Crippen molar-refractivity contribution < 1.29 is 4.79 Å². The summed E-state index contributed by atoms with van der Waals surface area (Å²) in [5, 5.41) is 2.93. The molecule has 4 heteroatoms. The molecule has 0 bridgehead atoms. The average molecular weight is 327 g/mol. The first-order valence-corrected chi connectivity index (χ1v) is 7.72. The maximum atomic E-state index is 11.9. The minimum absolute atomic E-state index is 0.0790. The van der Waals surface area contributed by atoms with Crippen LogP contribution in [0, 0.1) is 0 Å². The number of benzene rings is 1. The van der Waals surface area contributed by atoms with Crippen molar-refractivity contribution in [1.82, 2.24) is 4.90 Å². The van der Waals surface area contributed by atoms with Crippen LogP contribution in [0.15, 0.2) is 28.7 Å². The first kappa shape index (κ1) is 16.2. The fourth-order valence-electron chi connectivity index (χ4n) is 2.02. The van der Waals surface area contributed by atoms with Crippen molar-refractivity contribution in [3.63, 3.8) is 0 Å². The van der Waals surface area contributed by atoms with Crippen molar-refractivity contribution in [2.45, 2.75) is 33.1 Å². The van der Waals surface area contributed by atoms with Gasteiger partial charge in [-0.3, -0.25) is 4.79 Å². The quantitative estimate of drug-likeness (QED) is 0.785. The summed E-state index contributed by atoms with van der Waals surface area (Å²) in [5.41, 5.74) is 0.844. The predicted octanol–water partition coefficient (Wildman–Crippen LogP) is 3.90. The second-order valence-electron chi connectivity index (χ2n) is 4.65. The highest BCUT2D eigenvalue weighted by Crippen LogP contribution is 2.15. The summed E-state index contributed by atoms with van der Waals surface area (Å²) < 4.78 is 0.976. The first-order chi connectivity index (χ1) is 9.15. The van der Waals surface area contributed by atoms with Crippen LogP contribution in [-0.2, 0) is 4.79 Å². The minimum atomic E-state index is 0.0790. The fourth-order valence-corrected chi connectivity index (χ4v) is 2.42. The lowest BCUT2D eigenvalue weighted by Crippen LogP contribution is -2.29. The summed E-state index contributed by atoms with van der Waals surface area (Å²) in [6, 6.07) is 7.67. The molecule has 0 aliphatic carbocycles. The first-order valence-electron chi connectivity index (χ1n) is 6.93. The van der Waals surface area contributed by atoms with Crippen molar-refractivity contribution in [1.29, 1.82) is 0 Å². The van der Waals surface area contributed by atoms with Gasteiger partial charge in [-0.05, 0) is 44.1 Å². The minimum Gasteiger partial charge on any atom is -0.326 e. The molecule has 0 aromatic heterocycles. The van der Waals surface area contributed by atoms with Crippen molar-refractivity contribution in [3.05, 3.63) is 28.7 Å². The third-order valence-corrected chi connectivity index (χ3v) is 3.34. The molecule has 106 valence electrons. The van der Waals surface area contributed by atoms with Gasteiger partial charge < -0.3 is 10.2 Å². The summed E-state index contributed by atoms with van der Waals surface area (Å²) in [6.45, 7) is 7.31. The number of anilines is 1. The molecule has 3 nitrogen and oxygen atoms in total. The Morgan fingerprint density at radius 3 is 2.47 bits per heavy atom. The molecule has 0 heterocycles. The highest BCUT2D eigenvalue weighted by atomic mass is 79.9. The van der Waals surface area contributed by atoms with Gasteiger partial charge in [0.15, 0.2) is 0 Å². The summed E-state index contributed by atoms with van der Waals surface area (Å²) in [4.78, 5) is 14.2. The van der Waals surface area contributed by atoms with Crippen LogP contribution in [0.4, 0.5) is 5.69 Å². The van der Waals surface area contributed by atoms with Crippen LogP contribution in [0.2, 0.25) is 0 Å². The molecule has 1 aromatic rings. The summed E-state index contributed by atoms with van der Waals surface area (Å²) in [5.74, 6) is 0.0790. The van der Waals surface area contributed by atoms with E-state index in [1.165, 1.54) is 0 Å². The van der Waals surface area contributed by atoms with Gasteiger partial charge in [-0.25, -0.2) is 0 Å². The van der Waals surface area contributed by atoms with E-state index < -0.39 is 0 Å². The number of rotatable bonds is 8. The summed E-state index contributed by atoms with van der Waals surface area (Å²) in [7, 11) is 0. The molecule has 0 atom stereocenters. The Hall–Kier alpha value is -0.870. The molecule has 0 radical (unpaired) electrons. The molecule has 0 saturated heterocycles. The monoisotopic (exact) mass is 326 g/mol. The zero-order valence-corrected chi connectivity index (χ0v) is 13.4. The molecule has 1 amide bonds. The summed E-state index contributed by atoms with van der Waals surface area (Å²) >= 11 is 3.40.